The highest BCUT2D eigenvalue weighted by Gasteiger charge is 2.23. The van der Waals surface area contributed by atoms with E-state index in [0.29, 0.717) is 11.4 Å². The van der Waals surface area contributed by atoms with Gasteiger partial charge in [-0.2, -0.15) is 5.26 Å². The van der Waals surface area contributed by atoms with Gasteiger partial charge in [0.05, 0.1) is 5.69 Å². The fraction of sp³-hybridized carbons (Fsp3) is 0.250. The average molecular weight is 366 g/mol. The summed E-state index contributed by atoms with van der Waals surface area (Å²) in [4.78, 5) is 12.9. The van der Waals surface area contributed by atoms with E-state index in [4.69, 9.17) is 6.57 Å². The van der Waals surface area contributed by atoms with E-state index >= 15 is 0 Å². The Labute approximate surface area is 166 Å². The van der Waals surface area contributed by atoms with Gasteiger partial charge in [-0.3, -0.25) is 0 Å². The van der Waals surface area contributed by atoms with E-state index in [0.717, 1.165) is 44.5 Å². The zero-order chi connectivity index (χ0) is 20.6. The Kier molecular flexibility index (Phi) is 4.99. The molecule has 138 valence electrons. The summed E-state index contributed by atoms with van der Waals surface area (Å²) in [6.45, 7) is 19.8. The Morgan fingerprint density at radius 2 is 1.18 bits per heavy atom. The number of hydrogen-bond donors (Lipinski definition) is 0. The van der Waals surface area contributed by atoms with Crippen molar-refractivity contribution in [2.75, 3.05) is 0 Å². The summed E-state index contributed by atoms with van der Waals surface area (Å²) in [7, 11) is 0. The summed E-state index contributed by atoms with van der Waals surface area (Å²) in [5.74, 6) is 0.225. The molecule has 0 N–H and O–H groups in total. The Morgan fingerprint density at radius 1 is 0.750 bits per heavy atom. The lowest BCUT2D eigenvalue weighted by Gasteiger charge is -2.14. The molecule has 0 amide bonds. The molecule has 3 aromatic rings. The number of aryl methyl sites for hydroxylation is 6. The predicted octanol–water partition coefficient (Wildman–Crippen LogP) is 6.08. The third-order valence-corrected chi connectivity index (χ3v) is 4.92. The summed E-state index contributed by atoms with van der Waals surface area (Å²) in [5.41, 5.74) is 9.36. The summed E-state index contributed by atoms with van der Waals surface area (Å²) >= 11 is 0. The van der Waals surface area contributed by atoms with E-state index in [-0.39, 0.29) is 11.5 Å². The lowest BCUT2D eigenvalue weighted by Crippen LogP contribution is -2.02. The maximum atomic E-state index is 9.80. The van der Waals surface area contributed by atoms with Crippen LogP contribution in [-0.2, 0) is 0 Å². The maximum Gasteiger partial charge on any atom is 0.296 e. The minimum atomic E-state index is 0.225. The van der Waals surface area contributed by atoms with Crippen LogP contribution in [0.2, 0.25) is 0 Å². The van der Waals surface area contributed by atoms with E-state index in [1.54, 1.807) is 0 Å². The van der Waals surface area contributed by atoms with Crippen LogP contribution in [0.15, 0.2) is 24.3 Å². The SMILES string of the molecule is [C-]#[N+]c1nc(-c2c(C)cc(C)cc2C)c(C#N)nc1-c1c(C)cc(C)cc1C. The highest BCUT2D eigenvalue weighted by Crippen LogP contribution is 2.37. The molecule has 0 bridgehead atoms. The van der Waals surface area contributed by atoms with E-state index < -0.39 is 0 Å². The van der Waals surface area contributed by atoms with Gasteiger partial charge < -0.3 is 4.85 Å². The first kappa shape index (κ1) is 19.3. The Morgan fingerprint density at radius 3 is 1.57 bits per heavy atom. The normalized spacial score (nSPS) is 10.4. The second-order valence-corrected chi connectivity index (χ2v) is 7.36. The molecule has 1 aromatic heterocycles. The largest absolute Gasteiger partial charge is 0.359 e. The molecule has 4 nitrogen and oxygen atoms in total. The van der Waals surface area contributed by atoms with Gasteiger partial charge in [0.2, 0.25) is 0 Å². The molecule has 0 radical (unpaired) electrons. The molecule has 0 aliphatic heterocycles. The number of rotatable bonds is 2. The molecule has 0 aliphatic carbocycles. The number of nitriles is 1. The second kappa shape index (κ2) is 7.25. The van der Waals surface area contributed by atoms with E-state index in [1.807, 2.05) is 41.5 Å². The van der Waals surface area contributed by atoms with Gasteiger partial charge in [-0.05, 0) is 69.4 Å². The first-order chi connectivity index (χ1) is 13.3. The summed E-state index contributed by atoms with van der Waals surface area (Å²) in [6, 6.07) is 10.4. The van der Waals surface area contributed by atoms with Crippen molar-refractivity contribution in [3.63, 3.8) is 0 Å². The van der Waals surface area contributed by atoms with E-state index in [1.165, 1.54) is 0 Å². The van der Waals surface area contributed by atoms with Crippen LogP contribution in [-0.4, -0.2) is 9.97 Å². The zero-order valence-corrected chi connectivity index (χ0v) is 17.1. The van der Waals surface area contributed by atoms with Crippen LogP contribution in [0.25, 0.3) is 27.4 Å². The molecule has 0 unspecified atom stereocenters. The van der Waals surface area contributed by atoms with Crippen molar-refractivity contribution >= 4 is 5.82 Å². The molecular formula is C24H22N4. The number of aromatic nitrogens is 2. The van der Waals surface area contributed by atoms with Crippen LogP contribution in [0.4, 0.5) is 5.82 Å². The zero-order valence-electron chi connectivity index (χ0n) is 17.1. The van der Waals surface area contributed by atoms with Gasteiger partial charge in [-0.1, -0.05) is 42.0 Å². The predicted molar refractivity (Wildman–Crippen MR) is 112 cm³/mol. The second-order valence-electron chi connectivity index (χ2n) is 7.36. The van der Waals surface area contributed by atoms with Gasteiger partial charge >= 0.3 is 0 Å². The first-order valence-electron chi connectivity index (χ1n) is 9.12. The van der Waals surface area contributed by atoms with Gasteiger partial charge in [0.15, 0.2) is 11.4 Å². The maximum absolute atomic E-state index is 9.80. The summed E-state index contributed by atoms with van der Waals surface area (Å²) in [5, 5.41) is 9.80. The highest BCUT2D eigenvalue weighted by atomic mass is 15.0. The van der Waals surface area contributed by atoms with Gasteiger partial charge in [-0.15, -0.1) is 4.98 Å². The van der Waals surface area contributed by atoms with Crippen molar-refractivity contribution in [1.29, 1.82) is 5.26 Å². The Bertz CT molecular complexity index is 1050. The van der Waals surface area contributed by atoms with Crippen molar-refractivity contribution < 1.29 is 0 Å². The van der Waals surface area contributed by atoms with Crippen molar-refractivity contribution in [3.8, 4) is 28.6 Å². The number of benzene rings is 2. The van der Waals surface area contributed by atoms with Crippen molar-refractivity contribution in [2.24, 2.45) is 0 Å². The molecule has 4 heteroatoms. The quantitative estimate of drug-likeness (QED) is 0.516. The van der Waals surface area contributed by atoms with Crippen LogP contribution >= 0.6 is 0 Å². The molecule has 0 aliphatic rings. The summed E-state index contributed by atoms with van der Waals surface area (Å²) in [6.07, 6.45) is 0. The first-order valence-corrected chi connectivity index (χ1v) is 9.12. The summed E-state index contributed by atoms with van der Waals surface area (Å²) < 4.78 is 0. The van der Waals surface area contributed by atoms with Crippen LogP contribution in [0, 0.1) is 59.4 Å². The molecule has 1 heterocycles. The van der Waals surface area contributed by atoms with Gasteiger partial charge in [-0.25, -0.2) is 4.98 Å². The van der Waals surface area contributed by atoms with Crippen LogP contribution < -0.4 is 0 Å². The molecule has 0 atom stereocenters. The fourth-order valence-electron chi connectivity index (χ4n) is 4.03. The minimum Gasteiger partial charge on any atom is -0.359 e. The molecule has 0 spiro atoms. The van der Waals surface area contributed by atoms with Gasteiger partial charge in [0.25, 0.3) is 5.82 Å². The monoisotopic (exact) mass is 366 g/mol. The molecule has 0 fully saturated rings. The Hall–Kier alpha value is -3.50. The standard InChI is InChI=1S/C24H22N4/c1-13-8-15(3)20(16(4)9-13)22-19(12-25)27-23(24(26-7)28-22)21-17(5)10-14(2)11-18(21)6/h8-11H,1-6H3. The smallest absolute Gasteiger partial charge is 0.296 e. The third kappa shape index (κ3) is 3.26. The van der Waals surface area contributed by atoms with Crippen molar-refractivity contribution in [3.05, 3.63) is 74.8 Å². The van der Waals surface area contributed by atoms with Gasteiger partial charge in [0.1, 0.15) is 6.07 Å². The Balaban J connectivity index is 2.36. The van der Waals surface area contributed by atoms with Gasteiger partial charge in [0, 0.05) is 5.56 Å². The fourth-order valence-corrected chi connectivity index (χ4v) is 4.03. The highest BCUT2D eigenvalue weighted by molar-refractivity contribution is 5.82. The van der Waals surface area contributed by atoms with E-state index in [2.05, 4.69) is 45.1 Å². The minimum absolute atomic E-state index is 0.225. The molecule has 0 saturated heterocycles. The van der Waals surface area contributed by atoms with Crippen molar-refractivity contribution in [1.82, 2.24) is 9.97 Å². The molecule has 3 rings (SSSR count). The van der Waals surface area contributed by atoms with Crippen LogP contribution in [0.3, 0.4) is 0 Å². The molecule has 0 saturated carbocycles. The number of hydrogen-bond acceptors (Lipinski definition) is 3. The van der Waals surface area contributed by atoms with E-state index in [9.17, 15) is 5.26 Å². The molecule has 2 aromatic carbocycles. The number of nitrogens with zero attached hydrogens (tertiary/aromatic N) is 4. The average Bonchev–Trinajstić information content (AvgIpc) is 2.60. The topological polar surface area (TPSA) is 53.9 Å². The lowest BCUT2D eigenvalue weighted by molar-refractivity contribution is 1.16. The molecular weight excluding hydrogens is 344 g/mol. The van der Waals surface area contributed by atoms with Crippen LogP contribution in [0.1, 0.15) is 39.1 Å². The lowest BCUT2D eigenvalue weighted by atomic mass is 9.94. The molecule has 28 heavy (non-hydrogen) atoms. The third-order valence-electron chi connectivity index (χ3n) is 4.92. The van der Waals surface area contributed by atoms with Crippen molar-refractivity contribution in [2.45, 2.75) is 41.5 Å². The van der Waals surface area contributed by atoms with Crippen LogP contribution in [0.5, 0.6) is 0 Å².